The molecule has 0 aromatic heterocycles. The van der Waals surface area contributed by atoms with E-state index in [1.165, 1.54) is 38.5 Å². The van der Waals surface area contributed by atoms with Gasteiger partial charge in [0.25, 0.3) is 0 Å². The van der Waals surface area contributed by atoms with Gasteiger partial charge in [0.15, 0.2) is 0 Å². The first kappa shape index (κ1) is 21.3. The van der Waals surface area contributed by atoms with Gasteiger partial charge in [-0.1, -0.05) is 0 Å². The summed E-state index contributed by atoms with van der Waals surface area (Å²) in [6.45, 7) is 12.5. The molecule has 0 radical (unpaired) electrons. The van der Waals surface area contributed by atoms with Gasteiger partial charge in [-0.3, -0.25) is 0 Å². The molecule has 0 aliphatic carbocycles. The van der Waals surface area contributed by atoms with Crippen LogP contribution in [0.4, 0.5) is 0 Å². The van der Waals surface area contributed by atoms with Crippen LogP contribution in [0.3, 0.4) is 0 Å². The molecule has 0 saturated heterocycles. The van der Waals surface area contributed by atoms with Crippen molar-refractivity contribution in [1.29, 1.82) is 0 Å². The first-order valence-electron chi connectivity index (χ1n) is 10.0. The first-order valence-corrected chi connectivity index (χ1v) is 21.3. The number of rotatable bonds is 12. The van der Waals surface area contributed by atoms with E-state index in [0.29, 0.717) is 0 Å². The zero-order chi connectivity index (χ0) is 17.2. The van der Waals surface area contributed by atoms with Gasteiger partial charge in [0.2, 0.25) is 0 Å². The molecule has 1 rings (SSSR count). The molecule has 0 heterocycles. The standard InChI is InChI=1S/C9H13Si.3C4H9.Sn/c1-10(2,3)9-7-5-4-6-8-9;3*1-3-4-2;/h4-8H,1H2,2-3H3;3*1,3-4H2,2H3;. The van der Waals surface area contributed by atoms with Crippen molar-refractivity contribution in [2.75, 3.05) is 0 Å². The molecule has 0 amide bonds. The van der Waals surface area contributed by atoms with Crippen LogP contribution in [-0.2, 0) is 0 Å². The fourth-order valence-corrected chi connectivity index (χ4v) is 41.9. The van der Waals surface area contributed by atoms with E-state index in [1.54, 1.807) is 22.6 Å². The Labute approximate surface area is 151 Å². The van der Waals surface area contributed by atoms with Crippen molar-refractivity contribution >= 4 is 31.6 Å². The van der Waals surface area contributed by atoms with Gasteiger partial charge in [0, 0.05) is 0 Å². The van der Waals surface area contributed by atoms with Crippen molar-refractivity contribution in [3.8, 4) is 0 Å². The molecule has 0 unspecified atom stereocenters. The molecule has 2 heteroatoms. The van der Waals surface area contributed by atoms with Crippen LogP contribution in [-0.4, -0.2) is 26.5 Å². The Balaban J connectivity index is 2.99. The van der Waals surface area contributed by atoms with E-state index in [2.05, 4.69) is 64.2 Å². The molecule has 0 spiro atoms. The van der Waals surface area contributed by atoms with Gasteiger partial charge in [0.1, 0.15) is 0 Å². The van der Waals surface area contributed by atoms with Crippen LogP contribution in [0.15, 0.2) is 30.3 Å². The molecule has 0 aliphatic rings. The van der Waals surface area contributed by atoms with Crippen LogP contribution < -0.4 is 5.19 Å². The number of benzene rings is 1. The Kier molecular flexibility index (Phi) is 10.1. The second-order valence-corrected chi connectivity index (χ2v) is 28.8. The van der Waals surface area contributed by atoms with Gasteiger partial charge in [-0.25, -0.2) is 0 Å². The summed E-state index contributed by atoms with van der Waals surface area (Å²) in [5.74, 6) is 0. The van der Waals surface area contributed by atoms with Gasteiger partial charge < -0.3 is 0 Å². The van der Waals surface area contributed by atoms with Crippen molar-refractivity contribution < 1.29 is 0 Å². The van der Waals surface area contributed by atoms with Crippen LogP contribution in [0.2, 0.25) is 30.5 Å². The van der Waals surface area contributed by atoms with Gasteiger partial charge in [0.05, 0.1) is 0 Å². The summed E-state index contributed by atoms with van der Waals surface area (Å²) in [7, 11) is -1.27. The molecule has 0 bridgehead atoms. The van der Waals surface area contributed by atoms with Crippen LogP contribution >= 0.6 is 0 Å². The van der Waals surface area contributed by atoms with Crippen molar-refractivity contribution in [2.24, 2.45) is 0 Å². The van der Waals surface area contributed by atoms with E-state index in [0.717, 1.165) is 0 Å². The van der Waals surface area contributed by atoms with Gasteiger partial charge in [-0.2, -0.15) is 0 Å². The Bertz CT molecular complexity index is 391. The molecule has 0 N–H and O–H groups in total. The summed E-state index contributed by atoms with van der Waals surface area (Å²) in [5.41, 5.74) is 0. The van der Waals surface area contributed by atoms with E-state index in [4.69, 9.17) is 0 Å². The topological polar surface area (TPSA) is 0 Å². The summed E-state index contributed by atoms with van der Waals surface area (Å²) >= 11 is -2.00. The Hall–Kier alpha value is 0.236. The van der Waals surface area contributed by atoms with Crippen LogP contribution in [0.1, 0.15) is 59.3 Å². The predicted octanol–water partition coefficient (Wildman–Crippen LogP) is 6.99. The van der Waals surface area contributed by atoms with Crippen molar-refractivity contribution in [3.05, 3.63) is 30.3 Å². The zero-order valence-corrected chi connectivity index (χ0v) is 20.3. The normalized spacial score (nSPS) is 12.6. The molecule has 132 valence electrons. The Morgan fingerprint density at radius 1 is 0.739 bits per heavy atom. The van der Waals surface area contributed by atoms with Crippen LogP contribution in [0.25, 0.3) is 0 Å². The molecule has 1 aromatic rings. The Morgan fingerprint density at radius 2 is 1.17 bits per heavy atom. The van der Waals surface area contributed by atoms with Crippen LogP contribution in [0.5, 0.6) is 0 Å². The average Bonchev–Trinajstić information content (AvgIpc) is 2.56. The van der Waals surface area contributed by atoms with E-state index >= 15 is 0 Å². The number of hydrogen-bond acceptors (Lipinski definition) is 0. The molecule has 0 saturated carbocycles. The van der Waals surface area contributed by atoms with Crippen molar-refractivity contribution in [2.45, 2.75) is 89.8 Å². The third kappa shape index (κ3) is 7.33. The first-order chi connectivity index (χ1) is 11.0. The molecule has 0 fully saturated rings. The van der Waals surface area contributed by atoms with Crippen molar-refractivity contribution in [3.63, 3.8) is 0 Å². The molecule has 23 heavy (non-hydrogen) atoms. The second kappa shape index (κ2) is 11.0. The third-order valence-corrected chi connectivity index (χ3v) is 35.2. The minimum absolute atomic E-state index is 1.27. The molecule has 0 aliphatic heterocycles. The number of hydrogen-bond donors (Lipinski definition) is 0. The molecular formula is C21H40SiSn. The van der Waals surface area contributed by atoms with Gasteiger partial charge in [-0.05, 0) is 0 Å². The minimum atomic E-state index is -2.00. The zero-order valence-electron chi connectivity index (χ0n) is 16.5. The van der Waals surface area contributed by atoms with Gasteiger partial charge in [-0.15, -0.1) is 0 Å². The summed E-state index contributed by atoms with van der Waals surface area (Å²) < 4.78 is 6.67. The monoisotopic (exact) mass is 440 g/mol. The average molecular weight is 439 g/mol. The van der Waals surface area contributed by atoms with Crippen LogP contribution in [0, 0.1) is 0 Å². The van der Waals surface area contributed by atoms with Gasteiger partial charge >= 0.3 is 152 Å². The molecular weight excluding hydrogens is 399 g/mol. The van der Waals surface area contributed by atoms with E-state index in [1.807, 2.05) is 0 Å². The summed E-state index contributed by atoms with van der Waals surface area (Å²) in [6.07, 6.45) is 8.69. The fourth-order valence-electron chi connectivity index (χ4n) is 4.22. The summed E-state index contributed by atoms with van der Waals surface area (Å²) in [4.78, 5) is 0. The molecule has 1 aromatic carbocycles. The maximum absolute atomic E-state index is 2.65. The molecule has 0 atom stereocenters. The number of unbranched alkanes of at least 4 members (excludes halogenated alkanes) is 3. The predicted molar refractivity (Wildman–Crippen MR) is 113 cm³/mol. The Morgan fingerprint density at radius 3 is 1.57 bits per heavy atom. The SMILES string of the molecule is CCC[CH2][Sn]([CH2]CCC)([CH2]CCC)[CH2][Si](C)(C)c1ccccc1. The van der Waals surface area contributed by atoms with E-state index in [-0.39, 0.29) is 0 Å². The van der Waals surface area contributed by atoms with Crippen molar-refractivity contribution in [1.82, 2.24) is 0 Å². The van der Waals surface area contributed by atoms with E-state index < -0.39 is 26.5 Å². The van der Waals surface area contributed by atoms with E-state index in [9.17, 15) is 0 Å². The third-order valence-electron chi connectivity index (χ3n) is 5.55. The quantitative estimate of drug-likeness (QED) is 0.308. The summed E-state index contributed by atoms with van der Waals surface area (Å²) in [6, 6.07) is 11.5. The molecule has 0 nitrogen and oxygen atoms in total. The fraction of sp³-hybridized carbons (Fsp3) is 0.714. The summed E-state index contributed by atoms with van der Waals surface area (Å²) in [5, 5.41) is 1.70. The maximum atomic E-state index is 2.65. The second-order valence-electron chi connectivity index (χ2n) is 8.24.